The van der Waals surface area contributed by atoms with Crippen LogP contribution in [-0.2, 0) is 0 Å². The zero-order valence-corrected chi connectivity index (χ0v) is 13.2. The maximum atomic E-state index is 5.60. The van der Waals surface area contributed by atoms with Gasteiger partial charge in [-0.15, -0.1) is 10.2 Å². The van der Waals surface area contributed by atoms with Crippen LogP contribution in [0.25, 0.3) is 22.2 Å². The van der Waals surface area contributed by atoms with Crippen molar-refractivity contribution in [3.8, 4) is 16.9 Å². The summed E-state index contributed by atoms with van der Waals surface area (Å²) < 4.78 is 6.27. The lowest BCUT2D eigenvalue weighted by molar-refractivity contribution is 0.415. The molecule has 0 aliphatic heterocycles. The fourth-order valence-electron chi connectivity index (χ4n) is 2.23. The van der Waals surface area contributed by atoms with Crippen molar-refractivity contribution in [3.63, 3.8) is 0 Å². The number of methoxy groups -OCH3 is 1. The van der Waals surface area contributed by atoms with E-state index in [2.05, 4.69) is 37.2 Å². The van der Waals surface area contributed by atoms with Crippen molar-refractivity contribution in [1.82, 2.24) is 15.2 Å². The second kappa shape index (κ2) is 5.29. The molecule has 0 radical (unpaired) electrons. The number of halogens is 1. The van der Waals surface area contributed by atoms with E-state index in [1.165, 1.54) is 0 Å². The van der Waals surface area contributed by atoms with Crippen LogP contribution in [0.1, 0.15) is 5.56 Å². The standard InChI is InChI=1S/C15H13BrN4O/c1-8-5-9(6-13-14(8)18-15(17)20-19-13)11-7-10(21-2)3-4-12(11)16/h3-7H,1-2H3,(H2,17,18,20). The van der Waals surface area contributed by atoms with Crippen LogP contribution in [0.2, 0.25) is 0 Å². The third-order valence-electron chi connectivity index (χ3n) is 3.25. The SMILES string of the molecule is COc1ccc(Br)c(-c2cc(C)c3nc(N)nnc3c2)c1. The van der Waals surface area contributed by atoms with Gasteiger partial charge in [0, 0.05) is 4.47 Å². The van der Waals surface area contributed by atoms with Crippen LogP contribution in [0.5, 0.6) is 5.75 Å². The van der Waals surface area contributed by atoms with Crippen molar-refractivity contribution < 1.29 is 4.74 Å². The Hall–Kier alpha value is -2.21. The van der Waals surface area contributed by atoms with Gasteiger partial charge in [0.25, 0.3) is 0 Å². The van der Waals surface area contributed by atoms with Gasteiger partial charge in [-0.2, -0.15) is 0 Å². The van der Waals surface area contributed by atoms with Crippen LogP contribution in [-0.4, -0.2) is 22.3 Å². The molecule has 0 atom stereocenters. The van der Waals surface area contributed by atoms with E-state index in [0.29, 0.717) is 5.52 Å². The third kappa shape index (κ3) is 2.54. The minimum absolute atomic E-state index is 0.181. The molecule has 0 amide bonds. The highest BCUT2D eigenvalue weighted by molar-refractivity contribution is 9.10. The monoisotopic (exact) mass is 344 g/mol. The molecular formula is C15H13BrN4O. The van der Waals surface area contributed by atoms with E-state index >= 15 is 0 Å². The van der Waals surface area contributed by atoms with E-state index in [-0.39, 0.29) is 5.95 Å². The molecule has 3 aromatic rings. The predicted molar refractivity (Wildman–Crippen MR) is 86.2 cm³/mol. The first-order chi connectivity index (χ1) is 10.1. The Labute approximate surface area is 130 Å². The van der Waals surface area contributed by atoms with E-state index in [4.69, 9.17) is 10.5 Å². The van der Waals surface area contributed by atoms with Gasteiger partial charge in [-0.3, -0.25) is 0 Å². The molecule has 106 valence electrons. The van der Waals surface area contributed by atoms with Gasteiger partial charge in [0.1, 0.15) is 11.3 Å². The maximum Gasteiger partial charge on any atom is 0.240 e. The van der Waals surface area contributed by atoms with Crippen LogP contribution in [0.15, 0.2) is 34.8 Å². The molecule has 0 fully saturated rings. The lowest BCUT2D eigenvalue weighted by Gasteiger charge is -2.10. The Kier molecular flexibility index (Phi) is 3.47. The van der Waals surface area contributed by atoms with E-state index < -0.39 is 0 Å². The largest absolute Gasteiger partial charge is 0.497 e. The predicted octanol–water partition coefficient (Wildman–Crippen LogP) is 3.35. The average Bonchev–Trinajstić information content (AvgIpc) is 2.48. The first-order valence-electron chi connectivity index (χ1n) is 6.33. The van der Waals surface area contributed by atoms with Gasteiger partial charge in [-0.25, -0.2) is 4.98 Å². The van der Waals surface area contributed by atoms with Crippen molar-refractivity contribution in [3.05, 3.63) is 40.4 Å². The molecule has 1 aromatic heterocycles. The highest BCUT2D eigenvalue weighted by Crippen LogP contribution is 2.33. The van der Waals surface area contributed by atoms with Crippen LogP contribution in [0.3, 0.4) is 0 Å². The average molecular weight is 345 g/mol. The number of ether oxygens (including phenoxy) is 1. The normalized spacial score (nSPS) is 10.8. The summed E-state index contributed by atoms with van der Waals surface area (Å²) in [5.74, 6) is 0.980. The summed E-state index contributed by atoms with van der Waals surface area (Å²) >= 11 is 3.57. The Morgan fingerprint density at radius 1 is 1.14 bits per heavy atom. The summed E-state index contributed by atoms with van der Waals surface area (Å²) in [7, 11) is 1.65. The maximum absolute atomic E-state index is 5.60. The zero-order chi connectivity index (χ0) is 15.0. The number of aromatic nitrogens is 3. The molecule has 0 unspecified atom stereocenters. The van der Waals surface area contributed by atoms with Gasteiger partial charge < -0.3 is 10.5 Å². The lowest BCUT2D eigenvalue weighted by Crippen LogP contribution is -1.99. The molecule has 0 spiro atoms. The molecule has 0 saturated carbocycles. The smallest absolute Gasteiger partial charge is 0.240 e. The van der Waals surface area contributed by atoms with Crippen LogP contribution in [0, 0.1) is 6.92 Å². The summed E-state index contributed by atoms with van der Waals surface area (Å²) in [4.78, 5) is 4.23. The number of hydrogen-bond donors (Lipinski definition) is 1. The summed E-state index contributed by atoms with van der Waals surface area (Å²) in [5, 5.41) is 7.94. The van der Waals surface area contributed by atoms with Crippen molar-refractivity contribution in [1.29, 1.82) is 0 Å². The number of benzene rings is 2. The van der Waals surface area contributed by atoms with E-state index in [0.717, 1.165) is 32.4 Å². The molecule has 0 bridgehead atoms. The second-order valence-corrected chi connectivity index (χ2v) is 5.53. The molecule has 0 aliphatic rings. The first kappa shape index (κ1) is 13.8. The van der Waals surface area contributed by atoms with E-state index in [1.807, 2.05) is 31.2 Å². The number of nitrogen functional groups attached to an aromatic ring is 1. The minimum Gasteiger partial charge on any atom is -0.497 e. The van der Waals surface area contributed by atoms with Gasteiger partial charge in [0.05, 0.1) is 12.6 Å². The van der Waals surface area contributed by atoms with Gasteiger partial charge in [-0.1, -0.05) is 15.9 Å². The fourth-order valence-corrected chi connectivity index (χ4v) is 2.71. The number of nitrogens with two attached hydrogens (primary N) is 1. The Morgan fingerprint density at radius 3 is 2.71 bits per heavy atom. The number of hydrogen-bond acceptors (Lipinski definition) is 5. The molecular weight excluding hydrogens is 332 g/mol. The molecule has 21 heavy (non-hydrogen) atoms. The number of fused-ring (bicyclic) bond motifs is 1. The summed E-state index contributed by atoms with van der Waals surface area (Å²) in [6, 6.07) is 9.84. The topological polar surface area (TPSA) is 73.9 Å². The van der Waals surface area contributed by atoms with E-state index in [9.17, 15) is 0 Å². The van der Waals surface area contributed by atoms with Gasteiger partial charge >= 0.3 is 0 Å². The van der Waals surface area contributed by atoms with Gasteiger partial charge in [0.15, 0.2) is 0 Å². The minimum atomic E-state index is 0.181. The summed E-state index contributed by atoms with van der Waals surface area (Å²) in [5.41, 5.74) is 10.1. The molecule has 0 saturated heterocycles. The fraction of sp³-hybridized carbons (Fsp3) is 0.133. The molecule has 2 N–H and O–H groups in total. The van der Waals surface area contributed by atoms with E-state index in [1.54, 1.807) is 7.11 Å². The molecule has 3 rings (SSSR count). The lowest BCUT2D eigenvalue weighted by atomic mass is 10.0. The Balaban J connectivity index is 2.24. The molecule has 0 aliphatic carbocycles. The highest BCUT2D eigenvalue weighted by Gasteiger charge is 2.10. The highest BCUT2D eigenvalue weighted by atomic mass is 79.9. The summed E-state index contributed by atoms with van der Waals surface area (Å²) in [6.07, 6.45) is 0. The Morgan fingerprint density at radius 2 is 1.95 bits per heavy atom. The van der Waals surface area contributed by atoms with Crippen LogP contribution in [0.4, 0.5) is 5.95 Å². The Bertz CT molecular complexity index is 835. The second-order valence-electron chi connectivity index (χ2n) is 4.68. The van der Waals surface area contributed by atoms with Crippen molar-refractivity contribution in [2.45, 2.75) is 6.92 Å². The quantitative estimate of drug-likeness (QED) is 0.771. The van der Waals surface area contributed by atoms with Gasteiger partial charge in [-0.05, 0) is 53.9 Å². The molecule has 5 nitrogen and oxygen atoms in total. The first-order valence-corrected chi connectivity index (χ1v) is 7.12. The van der Waals surface area contributed by atoms with Crippen molar-refractivity contribution in [2.24, 2.45) is 0 Å². The van der Waals surface area contributed by atoms with Crippen molar-refractivity contribution >= 4 is 32.9 Å². The molecule has 1 heterocycles. The van der Waals surface area contributed by atoms with Crippen molar-refractivity contribution in [2.75, 3.05) is 12.8 Å². The van der Waals surface area contributed by atoms with Gasteiger partial charge in [0.2, 0.25) is 5.95 Å². The zero-order valence-electron chi connectivity index (χ0n) is 11.6. The molecule has 2 aromatic carbocycles. The number of rotatable bonds is 2. The summed E-state index contributed by atoms with van der Waals surface area (Å²) in [6.45, 7) is 1.98. The number of aryl methyl sites for hydroxylation is 1. The van der Waals surface area contributed by atoms with Crippen LogP contribution < -0.4 is 10.5 Å². The molecule has 6 heteroatoms. The number of anilines is 1. The van der Waals surface area contributed by atoms with Crippen LogP contribution >= 0.6 is 15.9 Å². The third-order valence-corrected chi connectivity index (χ3v) is 3.94. The number of nitrogens with zero attached hydrogens (tertiary/aromatic N) is 3.